The number of aryl methyl sites for hydroxylation is 2. The molecule has 15 heteroatoms. The molecular formula is C22H19F3N10O2. The first-order valence-electron chi connectivity index (χ1n) is 10.7. The van der Waals surface area contributed by atoms with Crippen LogP contribution in [0, 0.1) is 0 Å². The zero-order valence-electron chi connectivity index (χ0n) is 19.6. The first-order chi connectivity index (χ1) is 17.6. The van der Waals surface area contributed by atoms with Gasteiger partial charge in [-0.15, -0.1) is 10.2 Å². The van der Waals surface area contributed by atoms with Crippen molar-refractivity contribution in [3.8, 4) is 17.1 Å². The van der Waals surface area contributed by atoms with Crippen molar-refractivity contribution >= 4 is 34.0 Å². The number of tetrazole rings is 1. The average Bonchev–Trinajstić information content (AvgIpc) is 3.41. The second-order valence-electron chi connectivity index (χ2n) is 7.90. The van der Waals surface area contributed by atoms with E-state index >= 15 is 0 Å². The van der Waals surface area contributed by atoms with Gasteiger partial charge in [0.2, 0.25) is 5.82 Å². The summed E-state index contributed by atoms with van der Waals surface area (Å²) in [5.74, 6) is 0.800. The highest BCUT2D eigenvalue weighted by Crippen LogP contribution is 2.37. The van der Waals surface area contributed by atoms with Gasteiger partial charge >= 0.3 is 6.18 Å². The summed E-state index contributed by atoms with van der Waals surface area (Å²) in [7, 11) is 4.63. The molecule has 190 valence electrons. The number of pyridine rings is 2. The van der Waals surface area contributed by atoms with Crippen LogP contribution >= 0.6 is 0 Å². The molecule has 37 heavy (non-hydrogen) atoms. The fourth-order valence-corrected chi connectivity index (χ4v) is 3.74. The van der Waals surface area contributed by atoms with Crippen LogP contribution in [0.1, 0.15) is 5.69 Å². The molecular weight excluding hydrogens is 493 g/mol. The summed E-state index contributed by atoms with van der Waals surface area (Å²) in [6.07, 6.45) is -4.61. The number of aromatic amines is 1. The van der Waals surface area contributed by atoms with Crippen molar-refractivity contribution in [3.63, 3.8) is 0 Å². The Morgan fingerprint density at radius 2 is 1.78 bits per heavy atom. The predicted molar refractivity (Wildman–Crippen MR) is 128 cm³/mol. The lowest BCUT2D eigenvalue weighted by atomic mass is 10.1. The van der Waals surface area contributed by atoms with Crippen LogP contribution in [0.3, 0.4) is 0 Å². The van der Waals surface area contributed by atoms with Crippen LogP contribution in [0.4, 0.5) is 36.2 Å². The molecule has 1 aromatic carbocycles. The number of hydrogen-bond donors (Lipinski definition) is 3. The van der Waals surface area contributed by atoms with Gasteiger partial charge in [0.15, 0.2) is 11.4 Å². The molecule has 0 radical (unpaired) electrons. The van der Waals surface area contributed by atoms with E-state index in [-0.39, 0.29) is 28.2 Å². The molecule has 5 aromatic rings. The van der Waals surface area contributed by atoms with Crippen molar-refractivity contribution in [2.45, 2.75) is 6.18 Å². The molecule has 4 aromatic heterocycles. The smallest absolute Gasteiger partial charge is 0.433 e. The van der Waals surface area contributed by atoms with E-state index in [1.807, 2.05) is 0 Å². The standard InChI is InChI=1S/C22H19F3N10O2/c1-34-21(36)17-13(26-12-7-4-6-11(18(12)37-3)19-30-33-35(2)32-19)10-16(29-20(17)31-34)28-15-9-5-8-14(27-15)22(23,24)25/h4-10H,1-3H3,(H3,26,27,28,29,31). The summed E-state index contributed by atoms with van der Waals surface area (Å²) in [5.41, 5.74) is 0.149. The van der Waals surface area contributed by atoms with Gasteiger partial charge in [-0.1, -0.05) is 12.1 Å². The molecule has 0 saturated carbocycles. The van der Waals surface area contributed by atoms with Gasteiger partial charge in [0.1, 0.15) is 22.7 Å². The molecule has 0 bridgehead atoms. The molecule has 0 unspecified atom stereocenters. The second kappa shape index (κ2) is 8.92. The van der Waals surface area contributed by atoms with Gasteiger partial charge < -0.3 is 15.4 Å². The Labute approximate surface area is 206 Å². The zero-order chi connectivity index (χ0) is 26.3. The molecule has 0 aliphatic heterocycles. The van der Waals surface area contributed by atoms with E-state index in [1.165, 1.54) is 41.8 Å². The number of ether oxygens (including phenoxy) is 1. The lowest BCUT2D eigenvalue weighted by Gasteiger charge is -2.15. The van der Waals surface area contributed by atoms with E-state index in [2.05, 4.69) is 41.1 Å². The minimum absolute atomic E-state index is 0.0702. The second-order valence-corrected chi connectivity index (χ2v) is 7.90. The number of para-hydroxylation sites is 1. The maximum absolute atomic E-state index is 13.1. The van der Waals surface area contributed by atoms with Crippen LogP contribution in [0.2, 0.25) is 0 Å². The predicted octanol–water partition coefficient (Wildman–Crippen LogP) is 3.36. The van der Waals surface area contributed by atoms with Crippen LogP contribution in [-0.2, 0) is 20.3 Å². The summed E-state index contributed by atoms with van der Waals surface area (Å²) < 4.78 is 46.2. The van der Waals surface area contributed by atoms with Crippen molar-refractivity contribution in [1.29, 1.82) is 0 Å². The summed E-state index contributed by atoms with van der Waals surface area (Å²) in [5, 5.41) is 21.1. The summed E-state index contributed by atoms with van der Waals surface area (Å²) in [6.45, 7) is 0. The van der Waals surface area contributed by atoms with E-state index in [0.29, 0.717) is 28.5 Å². The summed E-state index contributed by atoms with van der Waals surface area (Å²) in [4.78, 5) is 22.1. The number of rotatable bonds is 6. The van der Waals surface area contributed by atoms with Gasteiger partial charge in [0.05, 0.1) is 31.1 Å². The number of anilines is 4. The Kier molecular flexibility index (Phi) is 5.74. The third-order valence-corrected chi connectivity index (χ3v) is 5.34. The molecule has 3 N–H and O–H groups in total. The number of nitrogens with zero attached hydrogens (tertiary/aromatic N) is 7. The van der Waals surface area contributed by atoms with Crippen LogP contribution in [0.15, 0.2) is 47.3 Å². The minimum atomic E-state index is -4.61. The maximum atomic E-state index is 13.1. The lowest BCUT2D eigenvalue weighted by Crippen LogP contribution is -2.12. The number of H-pyrrole nitrogens is 1. The van der Waals surface area contributed by atoms with Gasteiger partial charge in [-0.25, -0.2) is 9.97 Å². The first kappa shape index (κ1) is 23.8. The van der Waals surface area contributed by atoms with Gasteiger partial charge in [-0.3, -0.25) is 14.6 Å². The molecule has 0 fully saturated rings. The third kappa shape index (κ3) is 4.53. The van der Waals surface area contributed by atoms with E-state index in [4.69, 9.17) is 4.74 Å². The molecule has 0 amide bonds. The number of halogens is 3. The number of benzene rings is 1. The Morgan fingerprint density at radius 1 is 1.00 bits per heavy atom. The Bertz CT molecular complexity index is 1670. The average molecular weight is 512 g/mol. The van der Waals surface area contributed by atoms with Gasteiger partial charge in [-0.05, 0) is 29.5 Å². The van der Waals surface area contributed by atoms with Crippen molar-refractivity contribution in [1.82, 2.24) is 40.0 Å². The van der Waals surface area contributed by atoms with Crippen molar-refractivity contribution in [3.05, 3.63) is 58.5 Å². The number of hydrogen-bond acceptors (Lipinski definition) is 9. The Morgan fingerprint density at radius 3 is 2.49 bits per heavy atom. The minimum Gasteiger partial charge on any atom is -0.494 e. The van der Waals surface area contributed by atoms with Crippen LogP contribution in [0.25, 0.3) is 22.4 Å². The van der Waals surface area contributed by atoms with Crippen molar-refractivity contribution < 1.29 is 17.9 Å². The molecule has 0 spiro atoms. The lowest BCUT2D eigenvalue weighted by molar-refractivity contribution is -0.141. The quantitative estimate of drug-likeness (QED) is 0.312. The maximum Gasteiger partial charge on any atom is 0.433 e. The van der Waals surface area contributed by atoms with Crippen LogP contribution in [0.5, 0.6) is 5.75 Å². The molecule has 4 heterocycles. The molecule has 0 aliphatic carbocycles. The highest BCUT2D eigenvalue weighted by molar-refractivity contribution is 5.94. The molecule has 0 aliphatic rings. The first-order valence-corrected chi connectivity index (χ1v) is 10.7. The van der Waals surface area contributed by atoms with Gasteiger partial charge in [0, 0.05) is 13.1 Å². The summed E-state index contributed by atoms with van der Waals surface area (Å²) >= 11 is 0. The molecule has 12 nitrogen and oxygen atoms in total. The molecule has 0 saturated heterocycles. The number of alkyl halides is 3. The third-order valence-electron chi connectivity index (χ3n) is 5.34. The fraction of sp³-hybridized carbons (Fsp3) is 0.182. The largest absolute Gasteiger partial charge is 0.494 e. The topological polar surface area (TPSA) is 140 Å². The fourth-order valence-electron chi connectivity index (χ4n) is 3.74. The van der Waals surface area contributed by atoms with E-state index in [9.17, 15) is 18.0 Å². The van der Waals surface area contributed by atoms with Crippen LogP contribution < -0.4 is 20.9 Å². The van der Waals surface area contributed by atoms with E-state index in [1.54, 1.807) is 25.2 Å². The Balaban J connectivity index is 1.59. The number of nitrogens with one attached hydrogen (secondary N) is 3. The number of aromatic nitrogens is 8. The molecule has 0 atom stereocenters. The highest BCUT2D eigenvalue weighted by Gasteiger charge is 2.32. The summed E-state index contributed by atoms with van der Waals surface area (Å²) in [6, 6.07) is 10.2. The Hall–Kier alpha value is -4.95. The van der Waals surface area contributed by atoms with Crippen LogP contribution in [-0.4, -0.2) is 47.1 Å². The zero-order valence-corrected chi connectivity index (χ0v) is 19.6. The SMILES string of the molecule is COc1c(Nc2cc(Nc3cccc(C(F)(F)F)n3)nc3[nH]n(C)c(=O)c23)cccc1-c1nnn(C)n1. The van der Waals surface area contributed by atoms with E-state index in [0.717, 1.165) is 6.07 Å². The van der Waals surface area contributed by atoms with Crippen molar-refractivity contribution in [2.75, 3.05) is 17.7 Å². The normalized spacial score (nSPS) is 11.6. The van der Waals surface area contributed by atoms with Gasteiger partial charge in [-0.2, -0.15) is 18.0 Å². The molecule has 5 rings (SSSR count). The monoisotopic (exact) mass is 512 g/mol. The van der Waals surface area contributed by atoms with E-state index < -0.39 is 11.9 Å². The number of fused-ring (bicyclic) bond motifs is 1. The van der Waals surface area contributed by atoms with Gasteiger partial charge in [0.25, 0.3) is 5.56 Å². The van der Waals surface area contributed by atoms with Crippen molar-refractivity contribution in [2.24, 2.45) is 14.1 Å². The highest BCUT2D eigenvalue weighted by atomic mass is 19.4. The number of methoxy groups -OCH3 is 1.